The molecule has 0 aliphatic heterocycles. The minimum atomic E-state index is -0.241. The van der Waals surface area contributed by atoms with E-state index in [-0.39, 0.29) is 5.82 Å². The molecule has 0 radical (unpaired) electrons. The Morgan fingerprint density at radius 2 is 2.05 bits per heavy atom. The molecule has 0 atom stereocenters. The van der Waals surface area contributed by atoms with E-state index in [0.29, 0.717) is 30.2 Å². The lowest BCUT2D eigenvalue weighted by Gasteiger charge is -2.08. The molecule has 0 bridgehead atoms. The molecule has 4 nitrogen and oxygen atoms in total. The van der Waals surface area contributed by atoms with Crippen LogP contribution in [0.3, 0.4) is 0 Å². The second-order valence-electron chi connectivity index (χ2n) is 4.11. The maximum Gasteiger partial charge on any atom is 0.135 e. The maximum atomic E-state index is 13.6. The van der Waals surface area contributed by atoms with Crippen LogP contribution in [0.4, 0.5) is 10.2 Å². The molecular formula is C14H16FN3O. The molecule has 100 valence electrons. The van der Waals surface area contributed by atoms with Crippen molar-refractivity contribution in [1.82, 2.24) is 9.97 Å². The number of aromatic nitrogens is 2. The number of hydrogen-bond donors (Lipinski definition) is 1. The minimum Gasteiger partial charge on any atom is -0.378 e. The van der Waals surface area contributed by atoms with Crippen LogP contribution in [-0.2, 0) is 17.8 Å². The third kappa shape index (κ3) is 3.48. The smallest absolute Gasteiger partial charge is 0.135 e. The predicted octanol–water partition coefficient (Wildman–Crippen LogP) is 2.39. The van der Waals surface area contributed by atoms with Crippen LogP contribution in [0.1, 0.15) is 17.1 Å². The number of rotatable bonds is 5. The zero-order valence-corrected chi connectivity index (χ0v) is 11.0. The number of benzene rings is 1. The number of halogens is 1. The summed E-state index contributed by atoms with van der Waals surface area (Å²) in [6.07, 6.45) is 0.360. The summed E-state index contributed by atoms with van der Waals surface area (Å²) in [5.41, 5.74) is 1.35. The van der Waals surface area contributed by atoms with Gasteiger partial charge in [0.05, 0.1) is 12.3 Å². The molecule has 2 rings (SSSR count). The Kier molecular flexibility index (Phi) is 4.41. The van der Waals surface area contributed by atoms with Gasteiger partial charge in [0, 0.05) is 26.6 Å². The van der Waals surface area contributed by atoms with Gasteiger partial charge in [-0.2, -0.15) is 0 Å². The largest absolute Gasteiger partial charge is 0.378 e. The second kappa shape index (κ2) is 6.24. The standard InChI is InChI=1S/C14H16FN3O/c1-16-13-8-11(9-19-2)17-14(18-13)7-10-5-3-4-6-12(10)15/h3-6,8H,7,9H2,1-2H3,(H,16,17,18). The van der Waals surface area contributed by atoms with Gasteiger partial charge in [-0.15, -0.1) is 0 Å². The van der Waals surface area contributed by atoms with E-state index in [1.165, 1.54) is 6.07 Å². The van der Waals surface area contributed by atoms with E-state index in [4.69, 9.17) is 4.74 Å². The molecule has 0 unspecified atom stereocenters. The van der Waals surface area contributed by atoms with Crippen LogP contribution >= 0.6 is 0 Å². The fraction of sp³-hybridized carbons (Fsp3) is 0.286. The number of ether oxygens (including phenoxy) is 1. The van der Waals surface area contributed by atoms with Crippen molar-refractivity contribution in [3.05, 3.63) is 53.2 Å². The van der Waals surface area contributed by atoms with Gasteiger partial charge in [-0.05, 0) is 11.6 Å². The van der Waals surface area contributed by atoms with Crippen LogP contribution in [0.25, 0.3) is 0 Å². The minimum absolute atomic E-state index is 0.241. The Bertz CT molecular complexity index is 560. The van der Waals surface area contributed by atoms with Crippen molar-refractivity contribution in [2.45, 2.75) is 13.0 Å². The summed E-state index contributed by atoms with van der Waals surface area (Å²) in [6.45, 7) is 0.404. The van der Waals surface area contributed by atoms with Crippen LogP contribution in [0.15, 0.2) is 30.3 Å². The summed E-state index contributed by atoms with van der Waals surface area (Å²) in [5.74, 6) is 1.03. The Morgan fingerprint density at radius 1 is 1.26 bits per heavy atom. The van der Waals surface area contributed by atoms with Crippen molar-refractivity contribution in [1.29, 1.82) is 0 Å². The number of anilines is 1. The number of hydrogen-bond acceptors (Lipinski definition) is 4. The molecule has 1 aromatic carbocycles. The molecule has 0 saturated heterocycles. The highest BCUT2D eigenvalue weighted by Crippen LogP contribution is 2.13. The molecule has 1 heterocycles. The second-order valence-corrected chi connectivity index (χ2v) is 4.11. The first-order valence-corrected chi connectivity index (χ1v) is 6.00. The van der Waals surface area contributed by atoms with Crippen LogP contribution < -0.4 is 5.32 Å². The summed E-state index contributed by atoms with van der Waals surface area (Å²) >= 11 is 0. The van der Waals surface area contributed by atoms with Crippen molar-refractivity contribution in [3.63, 3.8) is 0 Å². The summed E-state index contributed by atoms with van der Waals surface area (Å²) < 4.78 is 18.7. The van der Waals surface area contributed by atoms with E-state index in [0.717, 1.165) is 5.69 Å². The van der Waals surface area contributed by atoms with Gasteiger partial charge in [0.25, 0.3) is 0 Å². The first-order valence-electron chi connectivity index (χ1n) is 6.00. The molecule has 1 N–H and O–H groups in total. The highest BCUT2D eigenvalue weighted by atomic mass is 19.1. The summed E-state index contributed by atoms with van der Waals surface area (Å²) in [6, 6.07) is 8.46. The third-order valence-corrected chi connectivity index (χ3v) is 2.68. The first kappa shape index (κ1) is 13.4. The molecule has 5 heteroatoms. The van der Waals surface area contributed by atoms with E-state index in [1.54, 1.807) is 32.4 Å². The Labute approximate surface area is 111 Å². The molecular weight excluding hydrogens is 245 g/mol. The van der Waals surface area contributed by atoms with Crippen molar-refractivity contribution in [2.75, 3.05) is 19.5 Å². The fourth-order valence-electron chi connectivity index (χ4n) is 1.79. The average Bonchev–Trinajstić information content (AvgIpc) is 2.41. The van der Waals surface area contributed by atoms with Gasteiger partial charge in [0.15, 0.2) is 0 Å². The number of methoxy groups -OCH3 is 1. The molecule has 0 amide bonds. The Hall–Kier alpha value is -2.01. The van der Waals surface area contributed by atoms with Crippen LogP contribution in [0.2, 0.25) is 0 Å². The topological polar surface area (TPSA) is 47.0 Å². The Balaban J connectivity index is 2.29. The highest BCUT2D eigenvalue weighted by Gasteiger charge is 2.07. The molecule has 19 heavy (non-hydrogen) atoms. The zero-order valence-electron chi connectivity index (χ0n) is 11.0. The lowest BCUT2D eigenvalue weighted by atomic mass is 10.1. The lowest BCUT2D eigenvalue weighted by Crippen LogP contribution is -2.06. The SMILES string of the molecule is CNc1cc(COC)nc(Cc2ccccc2F)n1. The van der Waals surface area contributed by atoms with Crippen LogP contribution in [0, 0.1) is 5.82 Å². The molecule has 1 aromatic heterocycles. The highest BCUT2D eigenvalue weighted by molar-refractivity contribution is 5.36. The van der Waals surface area contributed by atoms with E-state index < -0.39 is 0 Å². The molecule has 0 aliphatic rings. The molecule has 0 spiro atoms. The van der Waals surface area contributed by atoms with E-state index in [2.05, 4.69) is 15.3 Å². The van der Waals surface area contributed by atoms with E-state index >= 15 is 0 Å². The summed E-state index contributed by atoms with van der Waals surface area (Å²) in [4.78, 5) is 8.69. The van der Waals surface area contributed by atoms with Crippen molar-refractivity contribution in [3.8, 4) is 0 Å². The lowest BCUT2D eigenvalue weighted by molar-refractivity contribution is 0.181. The predicted molar refractivity (Wildman–Crippen MR) is 71.5 cm³/mol. The first-order chi connectivity index (χ1) is 9.22. The summed E-state index contributed by atoms with van der Waals surface area (Å²) in [7, 11) is 3.39. The van der Waals surface area contributed by atoms with Gasteiger partial charge in [-0.1, -0.05) is 18.2 Å². The quantitative estimate of drug-likeness (QED) is 0.897. The Morgan fingerprint density at radius 3 is 2.74 bits per heavy atom. The van der Waals surface area contributed by atoms with Crippen molar-refractivity contribution < 1.29 is 9.13 Å². The van der Waals surface area contributed by atoms with Crippen molar-refractivity contribution >= 4 is 5.82 Å². The fourth-order valence-corrected chi connectivity index (χ4v) is 1.79. The average molecular weight is 261 g/mol. The monoisotopic (exact) mass is 261 g/mol. The molecule has 2 aromatic rings. The number of nitrogens with zero attached hydrogens (tertiary/aromatic N) is 2. The van der Waals surface area contributed by atoms with Gasteiger partial charge in [0.2, 0.25) is 0 Å². The molecule has 0 saturated carbocycles. The molecule has 0 fully saturated rings. The van der Waals surface area contributed by atoms with Gasteiger partial charge in [0.1, 0.15) is 17.5 Å². The van der Waals surface area contributed by atoms with Gasteiger partial charge < -0.3 is 10.1 Å². The van der Waals surface area contributed by atoms with Gasteiger partial charge in [-0.3, -0.25) is 0 Å². The normalized spacial score (nSPS) is 10.5. The van der Waals surface area contributed by atoms with E-state index in [1.807, 2.05) is 6.07 Å². The van der Waals surface area contributed by atoms with Crippen LogP contribution in [-0.4, -0.2) is 24.1 Å². The third-order valence-electron chi connectivity index (χ3n) is 2.68. The zero-order chi connectivity index (χ0) is 13.7. The molecule has 0 aliphatic carbocycles. The van der Waals surface area contributed by atoms with Gasteiger partial charge >= 0.3 is 0 Å². The summed E-state index contributed by atoms with van der Waals surface area (Å²) in [5, 5.41) is 2.97. The van der Waals surface area contributed by atoms with Crippen LogP contribution in [0.5, 0.6) is 0 Å². The van der Waals surface area contributed by atoms with Gasteiger partial charge in [-0.25, -0.2) is 14.4 Å². The van der Waals surface area contributed by atoms with E-state index in [9.17, 15) is 4.39 Å². The number of nitrogens with one attached hydrogen (secondary N) is 1. The van der Waals surface area contributed by atoms with Crippen molar-refractivity contribution in [2.24, 2.45) is 0 Å². The maximum absolute atomic E-state index is 13.6.